The zero-order valence-electron chi connectivity index (χ0n) is 13.4. The van der Waals surface area contributed by atoms with Gasteiger partial charge < -0.3 is 0 Å². The number of imidazole rings is 2. The van der Waals surface area contributed by atoms with Crippen LogP contribution in [-0.4, -0.2) is 23.9 Å². The average molecular weight is 266 g/mol. The highest BCUT2D eigenvalue weighted by molar-refractivity contribution is 5.74. The summed E-state index contributed by atoms with van der Waals surface area (Å²) in [6, 6.07) is 5.62. The topological polar surface area (TPSA) is 51.9 Å². The van der Waals surface area contributed by atoms with E-state index in [2.05, 4.69) is 15.0 Å². The van der Waals surface area contributed by atoms with Crippen molar-refractivity contribution < 1.29 is 8.68 Å². The van der Waals surface area contributed by atoms with Crippen LogP contribution in [0, 0.1) is 0 Å². The van der Waals surface area contributed by atoms with Gasteiger partial charge in [0, 0.05) is 18.0 Å². The quantitative estimate of drug-likeness (QED) is 0.392. The summed E-state index contributed by atoms with van der Waals surface area (Å²) in [7, 11) is 0. The molecule has 4 aromatic heterocycles. The van der Waals surface area contributed by atoms with E-state index in [1.165, 1.54) is 4.57 Å². The summed E-state index contributed by atoms with van der Waals surface area (Å²) in [4.78, 5) is 13.0. The van der Waals surface area contributed by atoms with Crippen molar-refractivity contribution in [3.63, 3.8) is 0 Å². The van der Waals surface area contributed by atoms with Gasteiger partial charge >= 0.3 is 0 Å². The summed E-state index contributed by atoms with van der Waals surface area (Å²) in [6.07, 6.45) is 5.16. The first-order valence-corrected chi connectivity index (χ1v) is 6.28. The first-order chi connectivity index (χ1) is 11.1. The molecule has 0 amide bonds. The van der Waals surface area contributed by atoms with Crippen LogP contribution in [0.4, 0.5) is 0 Å². The van der Waals surface area contributed by atoms with Crippen LogP contribution in [0.5, 0.6) is 0 Å². The molecule has 5 rings (SSSR count). The molecule has 0 N–H and O–H groups in total. The van der Waals surface area contributed by atoms with Crippen LogP contribution in [-0.2, 0) is 13.5 Å². The molecule has 1 aliphatic heterocycles. The van der Waals surface area contributed by atoms with Gasteiger partial charge in [-0.05, 0) is 12.1 Å². The molecule has 1 aliphatic rings. The highest BCUT2D eigenvalue weighted by Gasteiger charge is 2.34. The summed E-state index contributed by atoms with van der Waals surface area (Å²) < 4.78 is 28.9. The zero-order chi connectivity index (χ0) is 15.8. The Morgan fingerprint density at radius 2 is 2.25 bits per heavy atom. The Morgan fingerprint density at radius 3 is 3.20 bits per heavy atom. The van der Waals surface area contributed by atoms with Crippen LogP contribution in [0.25, 0.3) is 28.6 Å². The third-order valence-electron chi connectivity index (χ3n) is 3.73. The lowest BCUT2D eigenvalue weighted by Gasteiger charge is -1.94. The van der Waals surface area contributed by atoms with E-state index in [-0.39, 0.29) is 0 Å². The second kappa shape index (κ2) is 3.22. The van der Waals surface area contributed by atoms with Crippen molar-refractivity contribution in [1.82, 2.24) is 23.9 Å². The van der Waals surface area contributed by atoms with Gasteiger partial charge in [-0.2, -0.15) is 9.38 Å². The summed E-state index contributed by atoms with van der Waals surface area (Å²) in [6.45, 7) is -1.78. The molecule has 4 aromatic rings. The molecule has 20 heavy (non-hydrogen) atoms. The molecule has 6 heteroatoms. The SMILES string of the molecule is [2H]C([2H])([2H])n1c2[n+](c3c1nc1ncccn13)Cc1cccnc1-2. The molecule has 0 bridgehead atoms. The van der Waals surface area contributed by atoms with Crippen molar-refractivity contribution >= 4 is 17.1 Å². The molecule has 0 fully saturated rings. The number of pyridine rings is 1. The molecule has 5 heterocycles. The van der Waals surface area contributed by atoms with Crippen LogP contribution in [0.1, 0.15) is 9.68 Å². The number of rotatable bonds is 0. The Bertz CT molecular complexity index is 1090. The van der Waals surface area contributed by atoms with Crippen molar-refractivity contribution in [2.45, 2.75) is 6.54 Å². The second-order valence-corrected chi connectivity index (χ2v) is 4.81. The Labute approximate surface area is 118 Å². The van der Waals surface area contributed by atoms with Gasteiger partial charge in [0.1, 0.15) is 5.69 Å². The van der Waals surface area contributed by atoms with Crippen molar-refractivity contribution in [3.05, 3.63) is 42.4 Å². The summed E-state index contributed by atoms with van der Waals surface area (Å²) in [5.74, 6) is 1.05. The molecule has 0 unspecified atom stereocenters. The lowest BCUT2D eigenvalue weighted by molar-refractivity contribution is -0.648. The van der Waals surface area contributed by atoms with E-state index >= 15 is 0 Å². The molecule has 0 saturated carbocycles. The molecule has 0 aromatic carbocycles. The summed E-state index contributed by atoms with van der Waals surface area (Å²) in [5, 5.41) is 0. The minimum Gasteiger partial charge on any atom is -0.249 e. The lowest BCUT2D eigenvalue weighted by Crippen LogP contribution is -2.32. The largest absolute Gasteiger partial charge is 0.299 e. The predicted molar refractivity (Wildman–Crippen MR) is 72.0 cm³/mol. The van der Waals surface area contributed by atoms with Gasteiger partial charge in [0.15, 0.2) is 0 Å². The van der Waals surface area contributed by atoms with E-state index in [0.29, 0.717) is 29.5 Å². The number of nitrogens with zero attached hydrogens (tertiary/aromatic N) is 6. The molecule has 0 radical (unpaired) electrons. The first-order valence-electron chi connectivity index (χ1n) is 7.78. The summed E-state index contributed by atoms with van der Waals surface area (Å²) >= 11 is 0. The number of hydrogen-bond acceptors (Lipinski definition) is 3. The maximum Gasteiger partial charge on any atom is 0.299 e. The number of hydrogen-bond donors (Lipinski definition) is 0. The Balaban J connectivity index is 2.01. The predicted octanol–water partition coefficient (Wildman–Crippen LogP) is 0.932. The highest BCUT2D eigenvalue weighted by atomic mass is 15.3. The Hall–Kier alpha value is -2.76. The van der Waals surface area contributed by atoms with Crippen LogP contribution < -0.4 is 4.57 Å². The molecular formula is C14H11N6+. The fraction of sp³-hybridized carbons (Fsp3) is 0.143. The number of aromatic nitrogens is 6. The normalized spacial score (nSPS) is 15.9. The van der Waals surface area contributed by atoms with Gasteiger partial charge in [0.05, 0.1) is 23.8 Å². The van der Waals surface area contributed by atoms with E-state index in [1.54, 1.807) is 18.5 Å². The van der Waals surface area contributed by atoms with E-state index in [4.69, 9.17) is 4.11 Å². The molecule has 0 atom stereocenters. The Morgan fingerprint density at radius 1 is 1.30 bits per heavy atom. The third kappa shape index (κ3) is 1.01. The number of fused-ring (bicyclic) bond motifs is 7. The van der Waals surface area contributed by atoms with Gasteiger partial charge in [-0.3, -0.25) is 0 Å². The monoisotopic (exact) mass is 266 g/mol. The van der Waals surface area contributed by atoms with Gasteiger partial charge in [0.25, 0.3) is 22.9 Å². The van der Waals surface area contributed by atoms with Crippen LogP contribution in [0.15, 0.2) is 36.8 Å². The maximum absolute atomic E-state index is 7.94. The minimum atomic E-state index is -2.35. The van der Waals surface area contributed by atoms with Crippen molar-refractivity contribution in [3.8, 4) is 11.5 Å². The van der Waals surface area contributed by atoms with Crippen molar-refractivity contribution in [1.29, 1.82) is 0 Å². The minimum absolute atomic E-state index is 0.398. The average Bonchev–Trinajstić information content (AvgIpc) is 3.12. The van der Waals surface area contributed by atoms with E-state index < -0.39 is 6.98 Å². The molecule has 0 spiro atoms. The van der Waals surface area contributed by atoms with Gasteiger partial charge in [-0.1, -0.05) is 6.07 Å². The highest BCUT2D eigenvalue weighted by Crippen LogP contribution is 2.28. The third-order valence-corrected chi connectivity index (χ3v) is 3.73. The molecular weight excluding hydrogens is 252 g/mol. The van der Waals surface area contributed by atoms with Crippen LogP contribution in [0.3, 0.4) is 0 Å². The van der Waals surface area contributed by atoms with Crippen molar-refractivity contribution in [2.75, 3.05) is 0 Å². The van der Waals surface area contributed by atoms with Crippen molar-refractivity contribution in [2.24, 2.45) is 6.98 Å². The molecule has 0 aliphatic carbocycles. The van der Waals surface area contributed by atoms with Gasteiger partial charge in [0.2, 0.25) is 0 Å². The molecule has 96 valence electrons. The lowest BCUT2D eigenvalue weighted by atomic mass is 10.2. The van der Waals surface area contributed by atoms with Crippen LogP contribution >= 0.6 is 0 Å². The Kier molecular flexibility index (Phi) is 1.24. The van der Waals surface area contributed by atoms with E-state index in [0.717, 1.165) is 11.2 Å². The smallest absolute Gasteiger partial charge is 0.249 e. The first kappa shape index (κ1) is 7.74. The standard InChI is InChI=1S/C14H11N6/c1-18-11-13(19-7-3-6-16-14(19)17-11)20-8-9-4-2-5-15-10(9)12(18)20/h2-7H,8H2,1H3/q+1/i1D3. The second-order valence-electron chi connectivity index (χ2n) is 4.81. The fourth-order valence-corrected chi connectivity index (χ4v) is 2.91. The maximum atomic E-state index is 7.94. The summed E-state index contributed by atoms with van der Waals surface area (Å²) in [5.41, 5.74) is 2.81. The zero-order valence-corrected chi connectivity index (χ0v) is 10.4. The molecule has 6 nitrogen and oxygen atoms in total. The van der Waals surface area contributed by atoms with Crippen LogP contribution in [0.2, 0.25) is 0 Å². The number of aryl methyl sites for hydroxylation is 1. The van der Waals surface area contributed by atoms with Gasteiger partial charge in [-0.15, -0.1) is 0 Å². The van der Waals surface area contributed by atoms with Gasteiger partial charge in [-0.25, -0.2) is 19.1 Å². The van der Waals surface area contributed by atoms with E-state index in [1.807, 2.05) is 27.3 Å². The molecule has 0 saturated heterocycles. The van der Waals surface area contributed by atoms with E-state index in [9.17, 15) is 0 Å². The fourth-order valence-electron chi connectivity index (χ4n) is 2.91.